The molecule has 1 heterocycles. The maximum atomic E-state index is 9.14. The van der Waals surface area contributed by atoms with Crippen LogP contribution in [0.4, 0.5) is 0 Å². The number of benzene rings is 1. The van der Waals surface area contributed by atoms with E-state index >= 15 is 0 Å². The van der Waals surface area contributed by atoms with E-state index in [0.717, 1.165) is 12.2 Å². The molecule has 100 valence electrons. The molecule has 20 heavy (non-hydrogen) atoms. The van der Waals surface area contributed by atoms with Gasteiger partial charge in [0.05, 0.1) is 11.9 Å². The molecular weight excluding hydrogens is 312 g/mol. The number of carboxylic acids is 2. The molecule has 0 saturated heterocycles. The fraction of sp³-hybridized carbons (Fsp3) is 0. The Morgan fingerprint density at radius 3 is 1.85 bits per heavy atom. The number of rotatable bonds is 2. The SMILES string of the molecule is C=CC(=O)[O-].C=CC(=O)[O-].[Zn+2].c1ccc2[nH]ccc2c1. The van der Waals surface area contributed by atoms with Crippen molar-refractivity contribution in [1.82, 2.24) is 4.98 Å². The molecular formula is C14H13NO4Zn. The molecule has 0 bridgehead atoms. The normalized spacial score (nSPS) is 7.80. The van der Waals surface area contributed by atoms with Gasteiger partial charge in [-0.3, -0.25) is 0 Å². The fourth-order valence-electron chi connectivity index (χ4n) is 0.995. The Kier molecular flexibility index (Phi) is 11.9. The van der Waals surface area contributed by atoms with E-state index in [-0.39, 0.29) is 19.5 Å². The number of fused-ring (bicyclic) bond motifs is 1. The summed E-state index contributed by atoms with van der Waals surface area (Å²) in [6.45, 7) is 5.80. The molecule has 0 aliphatic heterocycles. The van der Waals surface area contributed by atoms with Gasteiger partial charge in [0.25, 0.3) is 0 Å². The zero-order chi connectivity index (χ0) is 14.7. The first-order valence-electron chi connectivity index (χ1n) is 5.20. The number of aliphatic carboxylic acids is 2. The summed E-state index contributed by atoms with van der Waals surface area (Å²) in [5, 5.41) is 19.6. The van der Waals surface area contributed by atoms with E-state index in [1.807, 2.05) is 18.3 Å². The van der Waals surface area contributed by atoms with Crippen LogP contribution in [0.5, 0.6) is 0 Å². The zero-order valence-corrected chi connectivity index (χ0v) is 13.8. The van der Waals surface area contributed by atoms with Crippen LogP contribution in [0.15, 0.2) is 61.8 Å². The summed E-state index contributed by atoms with van der Waals surface area (Å²) in [4.78, 5) is 21.4. The van der Waals surface area contributed by atoms with Crippen LogP contribution in [0.3, 0.4) is 0 Å². The van der Waals surface area contributed by atoms with E-state index in [9.17, 15) is 0 Å². The Labute approximate surface area is 129 Å². The van der Waals surface area contributed by atoms with E-state index in [1.165, 1.54) is 10.9 Å². The quantitative estimate of drug-likeness (QED) is 0.621. The first kappa shape index (κ1) is 20.1. The average Bonchev–Trinajstić information content (AvgIpc) is 2.88. The summed E-state index contributed by atoms with van der Waals surface area (Å²) in [5.41, 5.74) is 1.21. The van der Waals surface area contributed by atoms with Crippen LogP contribution in [0.25, 0.3) is 10.9 Å². The van der Waals surface area contributed by atoms with Crippen molar-refractivity contribution in [2.45, 2.75) is 0 Å². The van der Waals surface area contributed by atoms with Crippen molar-refractivity contribution in [1.29, 1.82) is 0 Å². The Morgan fingerprint density at radius 2 is 1.45 bits per heavy atom. The number of H-pyrrole nitrogens is 1. The molecule has 0 atom stereocenters. The third-order valence-corrected chi connectivity index (χ3v) is 1.80. The van der Waals surface area contributed by atoms with Crippen molar-refractivity contribution in [2.75, 3.05) is 0 Å². The molecule has 0 aliphatic rings. The molecule has 6 heteroatoms. The maximum absolute atomic E-state index is 9.14. The first-order chi connectivity index (χ1) is 9.01. The van der Waals surface area contributed by atoms with Gasteiger partial charge in [0.2, 0.25) is 0 Å². The van der Waals surface area contributed by atoms with Gasteiger partial charge in [-0.25, -0.2) is 0 Å². The Morgan fingerprint density at radius 1 is 1.00 bits per heavy atom. The molecule has 0 spiro atoms. The van der Waals surface area contributed by atoms with Gasteiger partial charge in [0.15, 0.2) is 0 Å². The van der Waals surface area contributed by atoms with Gasteiger partial charge >= 0.3 is 19.5 Å². The van der Waals surface area contributed by atoms with Crippen LogP contribution >= 0.6 is 0 Å². The standard InChI is InChI=1S/C8H7N.2C3H4O2.Zn/c1-2-4-8-7(3-1)5-6-9-8;2*1-2-3(4)5;/h1-6,9H;2*2H,1H2,(H,4,5);/q;;;+2/p-2. The van der Waals surface area contributed by atoms with E-state index in [4.69, 9.17) is 19.8 Å². The largest absolute Gasteiger partial charge is 2.00 e. The maximum Gasteiger partial charge on any atom is 2.00 e. The predicted molar refractivity (Wildman–Crippen MR) is 68.7 cm³/mol. The molecule has 2 aromatic rings. The van der Waals surface area contributed by atoms with Gasteiger partial charge in [-0.1, -0.05) is 31.4 Å². The number of aromatic nitrogens is 1. The monoisotopic (exact) mass is 323 g/mol. The number of carbonyl (C=O) groups is 2. The van der Waals surface area contributed by atoms with Crippen molar-refractivity contribution in [3.8, 4) is 0 Å². The van der Waals surface area contributed by atoms with E-state index in [2.05, 4.69) is 36.3 Å². The zero-order valence-electron chi connectivity index (χ0n) is 10.9. The molecule has 0 fully saturated rings. The Bertz CT molecular complexity index is 515. The summed E-state index contributed by atoms with van der Waals surface area (Å²) < 4.78 is 0. The summed E-state index contributed by atoms with van der Waals surface area (Å²) in [7, 11) is 0. The summed E-state index contributed by atoms with van der Waals surface area (Å²) >= 11 is 0. The number of nitrogens with one attached hydrogen (secondary N) is 1. The van der Waals surface area contributed by atoms with Gasteiger partial charge in [-0.2, -0.15) is 0 Å². The van der Waals surface area contributed by atoms with E-state index in [0.29, 0.717) is 0 Å². The minimum atomic E-state index is -1.23. The van der Waals surface area contributed by atoms with Gasteiger partial charge in [-0.05, 0) is 29.7 Å². The molecule has 0 amide bonds. The minimum absolute atomic E-state index is 0. The van der Waals surface area contributed by atoms with Crippen molar-refractivity contribution < 1.29 is 39.3 Å². The molecule has 1 N–H and O–H groups in total. The van der Waals surface area contributed by atoms with Gasteiger partial charge < -0.3 is 24.8 Å². The summed E-state index contributed by atoms with van der Waals surface area (Å²) in [6.07, 6.45) is 3.39. The fourth-order valence-corrected chi connectivity index (χ4v) is 0.995. The Hall–Kier alpha value is -2.20. The molecule has 1 aromatic carbocycles. The van der Waals surface area contributed by atoms with Crippen molar-refractivity contribution in [3.05, 3.63) is 61.8 Å². The van der Waals surface area contributed by atoms with Crippen molar-refractivity contribution in [2.24, 2.45) is 0 Å². The minimum Gasteiger partial charge on any atom is -0.545 e. The van der Waals surface area contributed by atoms with Crippen LogP contribution in [-0.4, -0.2) is 16.9 Å². The molecule has 5 nitrogen and oxygen atoms in total. The molecule has 2 rings (SSSR count). The smallest absolute Gasteiger partial charge is 0.545 e. The first-order valence-corrected chi connectivity index (χ1v) is 5.20. The van der Waals surface area contributed by atoms with Crippen LogP contribution in [0.2, 0.25) is 0 Å². The van der Waals surface area contributed by atoms with E-state index < -0.39 is 11.9 Å². The molecule has 0 unspecified atom stereocenters. The molecule has 0 radical (unpaired) electrons. The molecule has 0 saturated carbocycles. The number of hydrogen-bond donors (Lipinski definition) is 1. The van der Waals surface area contributed by atoms with Crippen LogP contribution in [-0.2, 0) is 29.1 Å². The second kappa shape index (κ2) is 11.9. The van der Waals surface area contributed by atoms with Crippen molar-refractivity contribution >= 4 is 22.8 Å². The van der Waals surface area contributed by atoms with Crippen LogP contribution < -0.4 is 10.2 Å². The molecule has 1 aromatic heterocycles. The third kappa shape index (κ3) is 9.79. The van der Waals surface area contributed by atoms with Crippen LogP contribution in [0, 0.1) is 0 Å². The van der Waals surface area contributed by atoms with Gasteiger partial charge in [-0.15, -0.1) is 0 Å². The molecule has 0 aliphatic carbocycles. The second-order valence-electron chi connectivity index (χ2n) is 3.11. The summed E-state index contributed by atoms with van der Waals surface area (Å²) in [5.74, 6) is -2.46. The van der Waals surface area contributed by atoms with E-state index in [1.54, 1.807) is 0 Å². The third-order valence-electron chi connectivity index (χ3n) is 1.80. The van der Waals surface area contributed by atoms with Crippen LogP contribution in [0.1, 0.15) is 0 Å². The number of carbonyl (C=O) groups excluding carboxylic acids is 2. The van der Waals surface area contributed by atoms with Gasteiger partial charge in [0, 0.05) is 11.7 Å². The van der Waals surface area contributed by atoms with Gasteiger partial charge in [0.1, 0.15) is 0 Å². The number of hydrogen-bond acceptors (Lipinski definition) is 4. The number of carboxylic acid groups (broad SMARTS) is 2. The predicted octanol–water partition coefficient (Wildman–Crippen LogP) is 0.0100. The second-order valence-corrected chi connectivity index (χ2v) is 3.11. The average molecular weight is 325 g/mol. The van der Waals surface area contributed by atoms with Crippen molar-refractivity contribution in [3.63, 3.8) is 0 Å². The number of aromatic amines is 1. The number of para-hydroxylation sites is 1. The summed E-state index contributed by atoms with van der Waals surface area (Å²) in [6, 6.07) is 10.3. The Balaban J connectivity index is 0. The topological polar surface area (TPSA) is 96.0 Å².